The highest BCUT2D eigenvalue weighted by atomic mass is 16.6. The van der Waals surface area contributed by atoms with Crippen LogP contribution in [-0.4, -0.2) is 50.1 Å². The van der Waals surface area contributed by atoms with Gasteiger partial charge in [0, 0.05) is 0 Å². The predicted octanol–water partition coefficient (Wildman–Crippen LogP) is -1.01. The largest absolute Gasteiger partial charge is 0.462 e. The number of hydrogen-bond acceptors (Lipinski definition) is 6. The fourth-order valence-corrected chi connectivity index (χ4v) is 1.10. The Morgan fingerprint density at radius 2 is 2.00 bits per heavy atom. The fourth-order valence-electron chi connectivity index (χ4n) is 1.10. The summed E-state index contributed by atoms with van der Waals surface area (Å²) in [4.78, 5) is 11.3. The normalized spacial score (nSPS) is 12.4. The Morgan fingerprint density at radius 1 is 1.25 bits per heavy atom. The van der Waals surface area contributed by atoms with Crippen LogP contribution in [0.3, 0.4) is 0 Å². The molecule has 0 aromatic carbocycles. The fraction of sp³-hybridized carbons (Fsp3) is 0.900. The first kappa shape index (κ1) is 15.3. The second-order valence-corrected chi connectivity index (χ2v) is 3.39. The lowest BCUT2D eigenvalue weighted by atomic mass is 10.1. The van der Waals surface area contributed by atoms with E-state index >= 15 is 0 Å². The topological polar surface area (TPSA) is 108 Å². The molecular formula is C10H22N2O4. The van der Waals surface area contributed by atoms with Crippen LogP contribution in [0.15, 0.2) is 0 Å². The first-order valence-electron chi connectivity index (χ1n) is 5.53. The minimum absolute atomic E-state index is 0.0352. The molecule has 0 heterocycles. The molecule has 0 radical (unpaired) electrons. The number of aliphatic hydroxyl groups is 1. The molecule has 6 nitrogen and oxygen atoms in total. The molecule has 0 aromatic heterocycles. The van der Waals surface area contributed by atoms with Crippen LogP contribution in [0.5, 0.6) is 0 Å². The second kappa shape index (κ2) is 10.8. The van der Waals surface area contributed by atoms with Crippen LogP contribution < -0.4 is 11.5 Å². The SMILES string of the molecule is NCCCCC(N)C(=O)OCCOCCO. The quantitative estimate of drug-likeness (QED) is 0.330. The van der Waals surface area contributed by atoms with Gasteiger partial charge in [-0.1, -0.05) is 6.42 Å². The molecule has 0 spiro atoms. The maximum Gasteiger partial charge on any atom is 0.322 e. The van der Waals surface area contributed by atoms with Gasteiger partial charge in [0.05, 0.1) is 19.8 Å². The molecule has 0 bridgehead atoms. The Labute approximate surface area is 95.9 Å². The highest BCUT2D eigenvalue weighted by Gasteiger charge is 2.13. The molecule has 0 aliphatic heterocycles. The van der Waals surface area contributed by atoms with Gasteiger partial charge in [-0.25, -0.2) is 0 Å². The van der Waals surface area contributed by atoms with Crippen molar-refractivity contribution >= 4 is 5.97 Å². The van der Waals surface area contributed by atoms with Crippen molar-refractivity contribution in [3.05, 3.63) is 0 Å². The summed E-state index contributed by atoms with van der Waals surface area (Å²) in [6.45, 7) is 1.27. The van der Waals surface area contributed by atoms with Crippen LogP contribution in [0.1, 0.15) is 19.3 Å². The van der Waals surface area contributed by atoms with Crippen LogP contribution in [0.4, 0.5) is 0 Å². The van der Waals surface area contributed by atoms with Crippen molar-refractivity contribution in [2.75, 3.05) is 33.0 Å². The van der Waals surface area contributed by atoms with Crippen LogP contribution in [0, 0.1) is 0 Å². The minimum Gasteiger partial charge on any atom is -0.462 e. The lowest BCUT2D eigenvalue weighted by Crippen LogP contribution is -2.33. The van der Waals surface area contributed by atoms with E-state index in [4.69, 9.17) is 26.0 Å². The number of aliphatic hydroxyl groups excluding tert-OH is 1. The maximum absolute atomic E-state index is 11.3. The number of unbranched alkanes of at least 4 members (excludes halogenated alkanes) is 1. The number of esters is 1. The molecule has 16 heavy (non-hydrogen) atoms. The van der Waals surface area contributed by atoms with Gasteiger partial charge in [-0.3, -0.25) is 4.79 Å². The number of carbonyl (C=O) groups excluding carboxylic acids is 1. The lowest BCUT2D eigenvalue weighted by molar-refractivity contribution is -0.147. The van der Waals surface area contributed by atoms with Crippen molar-refractivity contribution in [2.24, 2.45) is 11.5 Å². The van der Waals surface area contributed by atoms with E-state index in [-0.39, 0.29) is 26.4 Å². The zero-order chi connectivity index (χ0) is 12.2. The summed E-state index contributed by atoms with van der Waals surface area (Å²) < 4.78 is 9.81. The molecule has 0 amide bonds. The zero-order valence-electron chi connectivity index (χ0n) is 9.56. The first-order chi connectivity index (χ1) is 7.72. The van der Waals surface area contributed by atoms with Gasteiger partial charge < -0.3 is 26.0 Å². The number of nitrogens with two attached hydrogens (primary N) is 2. The summed E-state index contributed by atoms with van der Waals surface area (Å²) >= 11 is 0. The molecule has 96 valence electrons. The van der Waals surface area contributed by atoms with E-state index in [1.165, 1.54) is 0 Å². The molecule has 0 saturated carbocycles. The van der Waals surface area contributed by atoms with Crippen molar-refractivity contribution in [3.63, 3.8) is 0 Å². The molecule has 6 heteroatoms. The van der Waals surface area contributed by atoms with Crippen LogP contribution >= 0.6 is 0 Å². The molecule has 0 saturated heterocycles. The molecule has 0 aromatic rings. The molecule has 0 aliphatic rings. The summed E-state index contributed by atoms with van der Waals surface area (Å²) in [7, 11) is 0. The van der Waals surface area contributed by atoms with Crippen LogP contribution in [0.2, 0.25) is 0 Å². The van der Waals surface area contributed by atoms with E-state index in [9.17, 15) is 4.79 Å². The average molecular weight is 234 g/mol. The summed E-state index contributed by atoms with van der Waals surface area (Å²) in [5.74, 6) is -0.412. The van der Waals surface area contributed by atoms with Crippen LogP contribution in [0.25, 0.3) is 0 Å². The summed E-state index contributed by atoms with van der Waals surface area (Å²) in [6.07, 6.45) is 2.28. The molecule has 1 unspecified atom stereocenters. The van der Waals surface area contributed by atoms with E-state index in [0.717, 1.165) is 12.8 Å². The van der Waals surface area contributed by atoms with Gasteiger partial charge in [-0.05, 0) is 19.4 Å². The van der Waals surface area contributed by atoms with Crippen molar-refractivity contribution in [2.45, 2.75) is 25.3 Å². The Morgan fingerprint density at radius 3 is 2.62 bits per heavy atom. The van der Waals surface area contributed by atoms with E-state index in [2.05, 4.69) is 0 Å². The number of ether oxygens (including phenoxy) is 2. The molecular weight excluding hydrogens is 212 g/mol. The van der Waals surface area contributed by atoms with Gasteiger partial charge >= 0.3 is 5.97 Å². The lowest BCUT2D eigenvalue weighted by Gasteiger charge is -2.11. The van der Waals surface area contributed by atoms with E-state index < -0.39 is 12.0 Å². The highest BCUT2D eigenvalue weighted by molar-refractivity contribution is 5.75. The summed E-state index contributed by atoms with van der Waals surface area (Å²) in [5, 5.41) is 8.42. The Bertz CT molecular complexity index is 178. The van der Waals surface area contributed by atoms with Gasteiger partial charge in [0.25, 0.3) is 0 Å². The number of hydrogen-bond donors (Lipinski definition) is 3. The second-order valence-electron chi connectivity index (χ2n) is 3.39. The van der Waals surface area contributed by atoms with Gasteiger partial charge in [0.15, 0.2) is 0 Å². The van der Waals surface area contributed by atoms with Crippen molar-refractivity contribution in [3.8, 4) is 0 Å². The third-order valence-electron chi connectivity index (χ3n) is 1.98. The third kappa shape index (κ3) is 8.60. The summed E-state index contributed by atoms with van der Waals surface area (Å²) in [5.41, 5.74) is 10.9. The monoisotopic (exact) mass is 234 g/mol. The molecule has 5 N–H and O–H groups in total. The van der Waals surface area contributed by atoms with Gasteiger partial charge in [-0.2, -0.15) is 0 Å². The van der Waals surface area contributed by atoms with E-state index in [1.807, 2.05) is 0 Å². The predicted molar refractivity (Wildman–Crippen MR) is 59.7 cm³/mol. The van der Waals surface area contributed by atoms with Crippen molar-refractivity contribution in [1.82, 2.24) is 0 Å². The van der Waals surface area contributed by atoms with Crippen molar-refractivity contribution in [1.29, 1.82) is 0 Å². The maximum atomic E-state index is 11.3. The zero-order valence-corrected chi connectivity index (χ0v) is 9.56. The highest BCUT2D eigenvalue weighted by Crippen LogP contribution is 1.99. The Balaban J connectivity index is 3.40. The number of carbonyl (C=O) groups is 1. The van der Waals surface area contributed by atoms with Crippen molar-refractivity contribution < 1.29 is 19.4 Å². The molecule has 1 atom stereocenters. The smallest absolute Gasteiger partial charge is 0.322 e. The van der Waals surface area contributed by atoms with Gasteiger partial charge in [0.2, 0.25) is 0 Å². The molecule has 0 aliphatic carbocycles. The molecule has 0 rings (SSSR count). The minimum atomic E-state index is -0.579. The van der Waals surface area contributed by atoms with Crippen LogP contribution in [-0.2, 0) is 14.3 Å². The Kier molecular flexibility index (Phi) is 10.3. The first-order valence-corrected chi connectivity index (χ1v) is 5.53. The Hall–Kier alpha value is -0.690. The summed E-state index contributed by atoms with van der Waals surface area (Å²) in [6, 6.07) is -0.579. The third-order valence-corrected chi connectivity index (χ3v) is 1.98. The number of rotatable bonds is 10. The average Bonchev–Trinajstić information content (AvgIpc) is 2.28. The van der Waals surface area contributed by atoms with E-state index in [0.29, 0.717) is 13.0 Å². The van der Waals surface area contributed by atoms with Gasteiger partial charge in [0.1, 0.15) is 12.6 Å². The van der Waals surface area contributed by atoms with Gasteiger partial charge in [-0.15, -0.1) is 0 Å². The van der Waals surface area contributed by atoms with E-state index in [1.54, 1.807) is 0 Å². The molecule has 0 fully saturated rings. The standard InChI is InChI=1S/C10H22N2O4/c11-4-2-1-3-9(12)10(14)16-8-7-15-6-5-13/h9,13H,1-8,11-12H2.